The molecule has 1 aliphatic rings. The number of aryl methyl sites for hydroxylation is 1. The van der Waals surface area contributed by atoms with E-state index in [1.54, 1.807) is 18.2 Å². The molecule has 0 amide bonds. The highest BCUT2D eigenvalue weighted by atomic mass is 32.2. The fourth-order valence-corrected chi connectivity index (χ4v) is 4.95. The maximum absolute atomic E-state index is 13.4. The van der Waals surface area contributed by atoms with Gasteiger partial charge in [0.2, 0.25) is 5.95 Å². The van der Waals surface area contributed by atoms with Crippen molar-refractivity contribution in [2.24, 2.45) is 5.92 Å². The minimum atomic E-state index is -3.75. The Kier molecular flexibility index (Phi) is 4.88. The Bertz CT molecular complexity index is 1040. The molecule has 1 saturated heterocycles. The maximum Gasteiger partial charge on any atom is 0.271 e. The molecular formula is C20H24N4O2S. The number of nitrogens with one attached hydrogen (secondary N) is 2. The van der Waals surface area contributed by atoms with Gasteiger partial charge < -0.3 is 10.6 Å². The van der Waals surface area contributed by atoms with Crippen LogP contribution >= 0.6 is 0 Å². The third-order valence-electron chi connectivity index (χ3n) is 5.03. The van der Waals surface area contributed by atoms with Crippen LogP contribution in [0.25, 0.3) is 11.0 Å². The summed E-state index contributed by atoms with van der Waals surface area (Å²) < 4.78 is 28.1. The second-order valence-electron chi connectivity index (χ2n) is 7.10. The molecule has 2 aromatic carbocycles. The number of anilines is 1. The Morgan fingerprint density at radius 2 is 1.96 bits per heavy atom. The van der Waals surface area contributed by atoms with Crippen molar-refractivity contribution < 1.29 is 8.42 Å². The van der Waals surface area contributed by atoms with Gasteiger partial charge in [0.15, 0.2) is 0 Å². The van der Waals surface area contributed by atoms with Crippen molar-refractivity contribution in [3.63, 3.8) is 0 Å². The minimum absolute atomic E-state index is 0.263. The van der Waals surface area contributed by atoms with Gasteiger partial charge in [-0.3, -0.25) is 0 Å². The van der Waals surface area contributed by atoms with Gasteiger partial charge in [-0.15, -0.1) is 0 Å². The van der Waals surface area contributed by atoms with Crippen molar-refractivity contribution in [2.45, 2.75) is 24.7 Å². The van der Waals surface area contributed by atoms with Gasteiger partial charge in [0.1, 0.15) is 0 Å². The summed E-state index contributed by atoms with van der Waals surface area (Å²) in [7, 11) is -3.75. The van der Waals surface area contributed by atoms with E-state index in [-0.39, 0.29) is 4.90 Å². The molecule has 1 aromatic heterocycles. The molecule has 27 heavy (non-hydrogen) atoms. The lowest BCUT2D eigenvalue weighted by molar-refractivity contribution is 0.392. The molecule has 1 fully saturated rings. The second kappa shape index (κ2) is 7.32. The van der Waals surface area contributed by atoms with Crippen molar-refractivity contribution in [2.75, 3.05) is 25.0 Å². The predicted molar refractivity (Wildman–Crippen MR) is 108 cm³/mol. The number of benzene rings is 2. The summed E-state index contributed by atoms with van der Waals surface area (Å²) in [5, 5.41) is 6.68. The van der Waals surface area contributed by atoms with Crippen LogP contribution in [0.4, 0.5) is 5.95 Å². The number of nitrogens with zero attached hydrogens (tertiary/aromatic N) is 2. The second-order valence-corrected chi connectivity index (χ2v) is 8.89. The molecule has 0 unspecified atom stereocenters. The summed E-state index contributed by atoms with van der Waals surface area (Å²) in [5.41, 5.74) is 2.27. The molecular weight excluding hydrogens is 360 g/mol. The smallest absolute Gasteiger partial charge is 0.271 e. The molecule has 1 aliphatic heterocycles. The van der Waals surface area contributed by atoms with Crippen LogP contribution in [0, 0.1) is 12.8 Å². The normalized spacial score (nSPS) is 17.9. The molecule has 1 atom stereocenters. The molecule has 7 heteroatoms. The topological polar surface area (TPSA) is 76.0 Å². The van der Waals surface area contributed by atoms with Crippen LogP contribution < -0.4 is 10.6 Å². The number of rotatable bonds is 5. The number of aromatic nitrogens is 2. The third-order valence-corrected chi connectivity index (χ3v) is 6.74. The van der Waals surface area contributed by atoms with E-state index in [2.05, 4.69) is 15.6 Å². The van der Waals surface area contributed by atoms with Crippen LogP contribution in [0.1, 0.15) is 18.4 Å². The van der Waals surface area contributed by atoms with E-state index in [4.69, 9.17) is 0 Å². The molecule has 2 heterocycles. The van der Waals surface area contributed by atoms with E-state index < -0.39 is 10.0 Å². The highest BCUT2D eigenvalue weighted by Crippen LogP contribution is 2.26. The van der Waals surface area contributed by atoms with E-state index in [1.807, 2.05) is 37.3 Å². The van der Waals surface area contributed by atoms with Crippen LogP contribution in [0.3, 0.4) is 0 Å². The number of hydrogen-bond acceptors (Lipinski definition) is 5. The molecule has 0 spiro atoms. The molecule has 0 saturated carbocycles. The highest BCUT2D eigenvalue weighted by Gasteiger charge is 2.25. The summed E-state index contributed by atoms with van der Waals surface area (Å²) in [6.07, 6.45) is 2.27. The molecule has 3 aromatic rings. The summed E-state index contributed by atoms with van der Waals surface area (Å²) in [4.78, 5) is 4.82. The van der Waals surface area contributed by atoms with Gasteiger partial charge in [0.05, 0.1) is 15.9 Å². The first-order valence-corrected chi connectivity index (χ1v) is 10.7. The number of hydrogen-bond donors (Lipinski definition) is 2. The van der Waals surface area contributed by atoms with Gasteiger partial charge >= 0.3 is 0 Å². The Labute approximate surface area is 159 Å². The van der Waals surface area contributed by atoms with E-state index in [0.717, 1.165) is 31.5 Å². The molecule has 2 N–H and O–H groups in total. The lowest BCUT2D eigenvalue weighted by atomic mass is 10.00. The summed E-state index contributed by atoms with van der Waals surface area (Å²) in [6.45, 7) is 4.63. The van der Waals surface area contributed by atoms with Gasteiger partial charge in [-0.2, -0.15) is 0 Å². The van der Waals surface area contributed by atoms with Gasteiger partial charge in [0, 0.05) is 6.54 Å². The van der Waals surface area contributed by atoms with Crippen LogP contribution in [-0.4, -0.2) is 37.0 Å². The molecule has 0 aliphatic carbocycles. The quantitative estimate of drug-likeness (QED) is 0.707. The molecule has 142 valence electrons. The van der Waals surface area contributed by atoms with E-state index in [9.17, 15) is 8.42 Å². The van der Waals surface area contributed by atoms with Gasteiger partial charge in [-0.25, -0.2) is 17.4 Å². The SMILES string of the molecule is Cc1ccc(S(=O)(=O)n2c(NC[C@@H]3CCCNC3)nc3ccccc32)cc1. The van der Waals surface area contributed by atoms with Gasteiger partial charge in [-0.05, 0) is 63.0 Å². The number of fused-ring (bicyclic) bond motifs is 1. The zero-order chi connectivity index (χ0) is 18.9. The van der Waals surface area contributed by atoms with Gasteiger partial charge in [-0.1, -0.05) is 29.8 Å². The standard InChI is InChI=1S/C20H24N4O2S/c1-15-8-10-17(11-9-15)27(25,26)24-19-7-3-2-6-18(19)23-20(24)22-14-16-5-4-12-21-13-16/h2-3,6-11,16,21H,4-5,12-14H2,1H3,(H,22,23)/t16-/m1/s1. The Hall–Kier alpha value is -2.38. The van der Waals surface area contributed by atoms with Crippen molar-refractivity contribution >= 4 is 27.0 Å². The fourth-order valence-electron chi connectivity index (χ4n) is 3.51. The van der Waals surface area contributed by atoms with Gasteiger partial charge in [0.25, 0.3) is 10.0 Å². The third kappa shape index (κ3) is 3.57. The van der Waals surface area contributed by atoms with Crippen molar-refractivity contribution in [3.05, 3.63) is 54.1 Å². The summed E-state index contributed by atoms with van der Waals surface area (Å²) in [6, 6.07) is 14.3. The Balaban J connectivity index is 1.74. The fraction of sp³-hybridized carbons (Fsp3) is 0.350. The first-order chi connectivity index (χ1) is 13.1. The van der Waals surface area contributed by atoms with Crippen LogP contribution in [-0.2, 0) is 10.0 Å². The van der Waals surface area contributed by atoms with Crippen LogP contribution in [0.5, 0.6) is 0 Å². The first-order valence-electron chi connectivity index (χ1n) is 9.30. The zero-order valence-electron chi connectivity index (χ0n) is 15.4. The number of imidazole rings is 1. The lowest BCUT2D eigenvalue weighted by Gasteiger charge is -2.23. The van der Waals surface area contributed by atoms with E-state index in [1.165, 1.54) is 3.97 Å². The summed E-state index contributed by atoms with van der Waals surface area (Å²) >= 11 is 0. The van der Waals surface area contributed by atoms with Crippen molar-refractivity contribution in [3.8, 4) is 0 Å². The lowest BCUT2D eigenvalue weighted by Crippen LogP contribution is -2.34. The molecule has 4 rings (SSSR count). The predicted octanol–water partition coefficient (Wildman–Crippen LogP) is 2.99. The average Bonchev–Trinajstić information content (AvgIpc) is 3.07. The Morgan fingerprint density at radius 3 is 2.70 bits per heavy atom. The average molecular weight is 385 g/mol. The molecule has 0 radical (unpaired) electrons. The molecule has 0 bridgehead atoms. The van der Waals surface area contributed by atoms with E-state index >= 15 is 0 Å². The van der Waals surface area contributed by atoms with Crippen LogP contribution in [0.15, 0.2) is 53.4 Å². The van der Waals surface area contributed by atoms with Crippen LogP contribution in [0.2, 0.25) is 0 Å². The molecule has 6 nitrogen and oxygen atoms in total. The largest absolute Gasteiger partial charge is 0.354 e. The maximum atomic E-state index is 13.4. The monoisotopic (exact) mass is 384 g/mol. The highest BCUT2D eigenvalue weighted by molar-refractivity contribution is 7.90. The van der Waals surface area contributed by atoms with E-state index in [0.29, 0.717) is 29.4 Å². The van der Waals surface area contributed by atoms with Crippen molar-refractivity contribution in [1.82, 2.24) is 14.3 Å². The number of para-hydroxylation sites is 2. The minimum Gasteiger partial charge on any atom is -0.354 e. The van der Waals surface area contributed by atoms with Crippen molar-refractivity contribution in [1.29, 1.82) is 0 Å². The number of piperidine rings is 1. The first kappa shape index (κ1) is 18.0. The summed E-state index contributed by atoms with van der Waals surface area (Å²) in [5.74, 6) is 0.844. The zero-order valence-corrected chi connectivity index (χ0v) is 16.2. The Morgan fingerprint density at radius 1 is 1.19 bits per heavy atom.